The molecule has 1 aliphatic carbocycles. The van der Waals surface area contributed by atoms with Crippen LogP contribution in [0.25, 0.3) is 0 Å². The molecule has 1 heterocycles. The Bertz CT molecular complexity index is 328. The van der Waals surface area contributed by atoms with Crippen molar-refractivity contribution in [3.05, 3.63) is 17.5 Å². The number of hydrogen-bond acceptors (Lipinski definition) is 3. The molecule has 3 N–H and O–H groups in total. The van der Waals surface area contributed by atoms with E-state index in [0.29, 0.717) is 6.54 Å². The zero-order valence-electron chi connectivity index (χ0n) is 8.53. The topological polar surface area (TPSA) is 64.1 Å². The summed E-state index contributed by atoms with van der Waals surface area (Å²) in [6.07, 6.45) is 2.89. The van der Waals surface area contributed by atoms with Gasteiger partial charge in [-0.05, 0) is 32.4 Å². The van der Waals surface area contributed by atoms with Crippen LogP contribution >= 0.6 is 0 Å². The van der Waals surface area contributed by atoms with Crippen molar-refractivity contribution in [3.63, 3.8) is 0 Å². The van der Waals surface area contributed by atoms with E-state index < -0.39 is 0 Å². The molecule has 1 saturated carbocycles. The van der Waals surface area contributed by atoms with Crippen molar-refractivity contribution in [2.75, 3.05) is 13.2 Å². The summed E-state index contributed by atoms with van der Waals surface area (Å²) in [5, 5.41) is 13.8. The van der Waals surface area contributed by atoms with Crippen LogP contribution in [-0.4, -0.2) is 28.0 Å². The summed E-state index contributed by atoms with van der Waals surface area (Å²) in [5.74, 6) is 0. The Morgan fingerprint density at radius 2 is 2.36 bits per heavy atom. The van der Waals surface area contributed by atoms with Crippen LogP contribution in [0.15, 0.2) is 6.07 Å². The van der Waals surface area contributed by atoms with Crippen LogP contribution in [0.4, 0.5) is 0 Å². The van der Waals surface area contributed by atoms with Crippen LogP contribution in [0.1, 0.15) is 24.2 Å². The van der Waals surface area contributed by atoms with Gasteiger partial charge in [0, 0.05) is 12.1 Å². The first kappa shape index (κ1) is 9.68. The fourth-order valence-corrected chi connectivity index (χ4v) is 1.87. The van der Waals surface area contributed by atoms with E-state index in [1.54, 1.807) is 0 Å². The van der Waals surface area contributed by atoms with Crippen molar-refractivity contribution in [1.82, 2.24) is 9.78 Å². The molecular formula is C10H17N3O. The molecule has 0 spiro atoms. The Hall–Kier alpha value is -0.870. The van der Waals surface area contributed by atoms with Crippen molar-refractivity contribution in [1.29, 1.82) is 0 Å². The van der Waals surface area contributed by atoms with Crippen LogP contribution < -0.4 is 5.73 Å². The van der Waals surface area contributed by atoms with Gasteiger partial charge in [-0.25, -0.2) is 0 Å². The van der Waals surface area contributed by atoms with Gasteiger partial charge in [0.2, 0.25) is 0 Å². The Morgan fingerprint density at radius 3 is 2.86 bits per heavy atom. The highest BCUT2D eigenvalue weighted by atomic mass is 16.3. The molecule has 2 rings (SSSR count). The minimum atomic E-state index is -0.0864. The number of aryl methyl sites for hydroxylation is 1. The summed E-state index contributed by atoms with van der Waals surface area (Å²) in [6.45, 7) is 2.85. The van der Waals surface area contributed by atoms with Gasteiger partial charge in [-0.15, -0.1) is 0 Å². The van der Waals surface area contributed by atoms with Crippen molar-refractivity contribution in [2.45, 2.75) is 31.7 Å². The van der Waals surface area contributed by atoms with Crippen molar-refractivity contribution < 1.29 is 5.11 Å². The highest BCUT2D eigenvalue weighted by Gasteiger charge is 2.45. The van der Waals surface area contributed by atoms with Gasteiger partial charge in [-0.1, -0.05) is 0 Å². The molecule has 1 aliphatic rings. The van der Waals surface area contributed by atoms with Gasteiger partial charge in [-0.2, -0.15) is 5.10 Å². The third kappa shape index (κ3) is 1.44. The lowest BCUT2D eigenvalue weighted by Crippen LogP contribution is -2.24. The number of nitrogens with two attached hydrogens (primary N) is 1. The molecule has 0 atom stereocenters. The molecule has 1 aromatic heterocycles. The van der Waals surface area contributed by atoms with Gasteiger partial charge in [0.05, 0.1) is 17.8 Å². The third-order valence-electron chi connectivity index (χ3n) is 2.91. The normalized spacial score (nSPS) is 18.5. The van der Waals surface area contributed by atoms with E-state index in [-0.39, 0.29) is 12.1 Å². The molecule has 1 aromatic rings. The van der Waals surface area contributed by atoms with Crippen molar-refractivity contribution >= 4 is 0 Å². The molecule has 78 valence electrons. The van der Waals surface area contributed by atoms with Gasteiger partial charge < -0.3 is 10.8 Å². The van der Waals surface area contributed by atoms with Crippen LogP contribution in [0.2, 0.25) is 0 Å². The van der Waals surface area contributed by atoms with E-state index in [1.807, 2.05) is 11.6 Å². The summed E-state index contributed by atoms with van der Waals surface area (Å²) in [6, 6.07) is 2.06. The monoisotopic (exact) mass is 195 g/mol. The quantitative estimate of drug-likeness (QED) is 0.720. The predicted molar refractivity (Wildman–Crippen MR) is 54.0 cm³/mol. The maximum atomic E-state index is 9.29. The average Bonchev–Trinajstić information content (AvgIpc) is 2.88. The van der Waals surface area contributed by atoms with Gasteiger partial charge in [-0.3, -0.25) is 4.68 Å². The smallest absolute Gasteiger partial charge is 0.0862 e. The number of aromatic nitrogens is 2. The van der Waals surface area contributed by atoms with Gasteiger partial charge >= 0.3 is 0 Å². The van der Waals surface area contributed by atoms with E-state index in [2.05, 4.69) is 11.2 Å². The molecule has 4 heteroatoms. The largest absolute Gasteiger partial charge is 0.394 e. The van der Waals surface area contributed by atoms with Gasteiger partial charge in [0.15, 0.2) is 0 Å². The highest BCUT2D eigenvalue weighted by molar-refractivity contribution is 5.14. The van der Waals surface area contributed by atoms with Crippen molar-refractivity contribution in [2.24, 2.45) is 5.73 Å². The molecule has 0 unspecified atom stereocenters. The Labute approximate surface area is 83.7 Å². The maximum Gasteiger partial charge on any atom is 0.0862 e. The van der Waals surface area contributed by atoms with Gasteiger partial charge in [0.25, 0.3) is 0 Å². The molecule has 4 nitrogen and oxygen atoms in total. The second kappa shape index (κ2) is 3.37. The van der Waals surface area contributed by atoms with Crippen LogP contribution in [0.5, 0.6) is 0 Å². The first-order chi connectivity index (χ1) is 6.72. The first-order valence-corrected chi connectivity index (χ1v) is 5.09. The standard InChI is InChI=1S/C10H17N3O/c1-8-6-9(2-5-11)12-13(8)10(7-14)3-4-10/h6,14H,2-5,7,11H2,1H3. The minimum absolute atomic E-state index is 0.0864. The molecule has 0 aliphatic heterocycles. The third-order valence-corrected chi connectivity index (χ3v) is 2.91. The summed E-state index contributed by atoms with van der Waals surface area (Å²) in [7, 11) is 0. The number of hydrogen-bond donors (Lipinski definition) is 2. The SMILES string of the molecule is Cc1cc(CCN)nn1C1(CO)CC1. The molecule has 0 saturated heterocycles. The Balaban J connectivity index is 2.25. The number of aliphatic hydroxyl groups is 1. The minimum Gasteiger partial charge on any atom is -0.394 e. The first-order valence-electron chi connectivity index (χ1n) is 5.09. The predicted octanol–water partition coefficient (Wildman–Crippen LogP) is 0.174. The number of rotatable bonds is 4. The van der Waals surface area contributed by atoms with Crippen LogP contribution in [0.3, 0.4) is 0 Å². The second-order valence-electron chi connectivity index (χ2n) is 4.11. The lowest BCUT2D eigenvalue weighted by Gasteiger charge is -2.14. The number of nitrogens with zero attached hydrogens (tertiary/aromatic N) is 2. The lowest BCUT2D eigenvalue weighted by molar-refractivity contribution is 0.200. The summed E-state index contributed by atoms with van der Waals surface area (Å²) in [4.78, 5) is 0. The van der Waals surface area contributed by atoms with E-state index in [9.17, 15) is 5.11 Å². The van der Waals surface area contributed by atoms with Gasteiger partial charge in [0.1, 0.15) is 0 Å². The van der Waals surface area contributed by atoms with E-state index in [4.69, 9.17) is 5.73 Å². The summed E-state index contributed by atoms with van der Waals surface area (Å²) in [5.41, 5.74) is 7.55. The van der Waals surface area contributed by atoms with Crippen molar-refractivity contribution in [3.8, 4) is 0 Å². The lowest BCUT2D eigenvalue weighted by atomic mass is 10.2. The number of aliphatic hydroxyl groups excluding tert-OH is 1. The fourth-order valence-electron chi connectivity index (χ4n) is 1.87. The fraction of sp³-hybridized carbons (Fsp3) is 0.700. The molecule has 0 bridgehead atoms. The van der Waals surface area contributed by atoms with E-state index in [1.165, 1.54) is 0 Å². The maximum absolute atomic E-state index is 9.29. The van der Waals surface area contributed by atoms with Crippen LogP contribution in [-0.2, 0) is 12.0 Å². The molecule has 14 heavy (non-hydrogen) atoms. The van der Waals surface area contributed by atoms with E-state index >= 15 is 0 Å². The molecule has 1 fully saturated rings. The molecule has 0 amide bonds. The molecule has 0 radical (unpaired) electrons. The summed E-state index contributed by atoms with van der Waals surface area (Å²) >= 11 is 0. The second-order valence-corrected chi connectivity index (χ2v) is 4.11. The molecular weight excluding hydrogens is 178 g/mol. The molecule has 0 aromatic carbocycles. The zero-order chi connectivity index (χ0) is 10.2. The summed E-state index contributed by atoms with van der Waals surface area (Å²) < 4.78 is 1.97. The Morgan fingerprint density at radius 1 is 1.64 bits per heavy atom. The van der Waals surface area contributed by atoms with Crippen LogP contribution in [0, 0.1) is 6.92 Å². The average molecular weight is 195 g/mol. The van der Waals surface area contributed by atoms with E-state index in [0.717, 1.165) is 30.7 Å². The highest BCUT2D eigenvalue weighted by Crippen LogP contribution is 2.43. The Kier molecular flexibility index (Phi) is 2.33. The zero-order valence-corrected chi connectivity index (χ0v) is 8.53.